The Morgan fingerprint density at radius 1 is 0.960 bits per heavy atom. The zero-order chi connectivity index (χ0) is 37.4. The predicted molar refractivity (Wildman–Crippen MR) is 193 cm³/mol. The molecule has 1 aliphatic rings. The first kappa shape index (κ1) is 42.2. The van der Waals surface area contributed by atoms with Crippen molar-refractivity contribution in [2.24, 2.45) is 23.5 Å². The molecule has 1 aromatic rings. The molecule has 0 aromatic heterocycles. The zero-order valence-electron chi connectivity index (χ0n) is 30.3. The molecule has 0 bridgehead atoms. The van der Waals surface area contributed by atoms with Gasteiger partial charge in [-0.15, -0.1) is 11.8 Å². The van der Waals surface area contributed by atoms with E-state index < -0.39 is 18.0 Å². The molecule has 0 spiro atoms. The summed E-state index contributed by atoms with van der Waals surface area (Å²) in [6.07, 6.45) is 2.74. The van der Waals surface area contributed by atoms with Crippen molar-refractivity contribution in [2.75, 3.05) is 18.4 Å². The number of nitrogens with zero attached hydrogens (tertiary/aromatic N) is 1. The Labute approximate surface area is 299 Å². The number of carbonyl (C=O) groups excluding carboxylic acids is 7. The fourth-order valence-electron chi connectivity index (χ4n) is 5.42. The van der Waals surface area contributed by atoms with Gasteiger partial charge in [-0.25, -0.2) is 4.79 Å². The number of nitrogens with two attached hydrogens (primary N) is 1. The van der Waals surface area contributed by atoms with Crippen LogP contribution in [0.1, 0.15) is 98.5 Å². The third-order valence-corrected chi connectivity index (χ3v) is 9.42. The van der Waals surface area contributed by atoms with Crippen molar-refractivity contribution in [2.45, 2.75) is 116 Å². The van der Waals surface area contributed by atoms with Gasteiger partial charge in [-0.05, 0) is 54.5 Å². The van der Waals surface area contributed by atoms with E-state index in [1.807, 2.05) is 27.7 Å². The molecule has 0 radical (unpaired) electrons. The summed E-state index contributed by atoms with van der Waals surface area (Å²) >= 11 is 1.50. The van der Waals surface area contributed by atoms with Crippen molar-refractivity contribution in [3.8, 4) is 0 Å². The molecule has 1 aromatic carbocycles. The van der Waals surface area contributed by atoms with E-state index in [1.165, 1.54) is 16.7 Å². The number of hydrogen-bond acceptors (Lipinski definition) is 9. The standard InChI is InChI=1S/C36H55N5O8S/c1-22(2)32(40-30(43)12-8-7-9-18-41-31(44)20-29(34(41)46)50-24(5)6)28(42)19-26(11-10-17-38-36(37)48)33(45)39-27-15-13-25(14-16-27)21-49-35(47)23(3)4/h13-16,22-24,26,29,32H,7-12,17-21H2,1-6H3,(H,39,45)(H,40,43)(H3,37,38,48)/t26-,29?,32+/m1/s1. The average Bonchev–Trinajstić information content (AvgIpc) is 3.30. The van der Waals surface area contributed by atoms with E-state index >= 15 is 0 Å². The van der Waals surface area contributed by atoms with Crippen LogP contribution >= 0.6 is 11.8 Å². The van der Waals surface area contributed by atoms with Gasteiger partial charge in [0.2, 0.25) is 23.6 Å². The number of primary amides is 1. The van der Waals surface area contributed by atoms with Gasteiger partial charge >= 0.3 is 12.0 Å². The number of anilines is 1. The van der Waals surface area contributed by atoms with Crippen molar-refractivity contribution in [1.29, 1.82) is 0 Å². The second-order valence-corrected chi connectivity index (χ2v) is 15.4. The Morgan fingerprint density at radius 2 is 1.64 bits per heavy atom. The molecule has 0 saturated carbocycles. The summed E-state index contributed by atoms with van der Waals surface area (Å²) in [7, 11) is 0. The number of esters is 1. The summed E-state index contributed by atoms with van der Waals surface area (Å²) < 4.78 is 5.25. The number of likely N-dealkylation sites (tertiary alicyclic amines) is 1. The van der Waals surface area contributed by atoms with Gasteiger partial charge in [0.25, 0.3) is 0 Å². The van der Waals surface area contributed by atoms with Crippen molar-refractivity contribution in [3.05, 3.63) is 29.8 Å². The topological polar surface area (TPSA) is 194 Å². The molecule has 1 heterocycles. The summed E-state index contributed by atoms with van der Waals surface area (Å²) in [4.78, 5) is 88.9. The maximum Gasteiger partial charge on any atom is 0.312 e. The minimum Gasteiger partial charge on any atom is -0.461 e. The Kier molecular flexibility index (Phi) is 18.0. The van der Waals surface area contributed by atoms with Crippen LogP contribution in [-0.2, 0) is 40.1 Å². The lowest BCUT2D eigenvalue weighted by atomic mass is 9.89. The van der Waals surface area contributed by atoms with E-state index in [2.05, 4.69) is 16.0 Å². The highest BCUT2D eigenvalue weighted by molar-refractivity contribution is 8.01. The number of hydrogen-bond donors (Lipinski definition) is 4. The summed E-state index contributed by atoms with van der Waals surface area (Å²) in [6, 6.07) is 5.35. The number of unbranched alkanes of at least 4 members (excludes halogenated alkanes) is 2. The highest BCUT2D eigenvalue weighted by Gasteiger charge is 2.38. The number of nitrogens with one attached hydrogen (secondary N) is 3. The molecule has 278 valence electrons. The molecule has 0 aliphatic carbocycles. The second-order valence-electron chi connectivity index (χ2n) is 13.6. The van der Waals surface area contributed by atoms with Gasteiger partial charge in [0.1, 0.15) is 6.61 Å². The SMILES string of the molecule is CC(C)SC1CC(=O)N(CCCCCC(=O)N[C@H](C(=O)C[C@@H](CCCNC(N)=O)C(=O)Nc2ccc(COC(=O)C(C)C)cc2)C(C)C)C1=O. The lowest BCUT2D eigenvalue weighted by Crippen LogP contribution is -2.45. The first-order chi connectivity index (χ1) is 23.6. The monoisotopic (exact) mass is 717 g/mol. The van der Waals surface area contributed by atoms with E-state index in [4.69, 9.17) is 10.5 Å². The molecule has 3 atom stereocenters. The Hall–Kier alpha value is -3.94. The van der Waals surface area contributed by atoms with Gasteiger partial charge in [-0.2, -0.15) is 0 Å². The molecule has 14 heteroatoms. The van der Waals surface area contributed by atoms with Crippen LogP contribution in [-0.4, -0.2) is 75.9 Å². The summed E-state index contributed by atoms with van der Waals surface area (Å²) in [6.45, 7) is 11.8. The number of Topliss-reactive ketones (excluding diaryl/α,β-unsaturated/α-hetero) is 1. The van der Waals surface area contributed by atoms with Crippen LogP contribution in [0, 0.1) is 17.8 Å². The summed E-state index contributed by atoms with van der Waals surface area (Å²) in [5.41, 5.74) is 6.42. The molecule has 1 unspecified atom stereocenters. The van der Waals surface area contributed by atoms with Crippen molar-refractivity contribution in [1.82, 2.24) is 15.5 Å². The van der Waals surface area contributed by atoms with Gasteiger partial charge < -0.3 is 26.4 Å². The number of thioether (sulfide) groups is 1. The molecular formula is C36H55N5O8S. The van der Waals surface area contributed by atoms with E-state index in [9.17, 15) is 33.6 Å². The number of imide groups is 1. The molecule has 50 heavy (non-hydrogen) atoms. The van der Waals surface area contributed by atoms with Crippen LogP contribution in [0.25, 0.3) is 0 Å². The number of rotatable bonds is 22. The van der Waals surface area contributed by atoms with Crippen LogP contribution in [0.5, 0.6) is 0 Å². The normalized spacial score (nSPS) is 15.7. The van der Waals surface area contributed by atoms with Gasteiger partial charge in [0.15, 0.2) is 5.78 Å². The Morgan fingerprint density at radius 3 is 2.24 bits per heavy atom. The van der Waals surface area contributed by atoms with Gasteiger partial charge in [-0.3, -0.25) is 33.7 Å². The molecule has 1 saturated heterocycles. The zero-order valence-corrected chi connectivity index (χ0v) is 31.1. The number of benzene rings is 1. The fraction of sp³-hybridized carbons (Fsp3) is 0.639. The van der Waals surface area contributed by atoms with Gasteiger partial charge in [0, 0.05) is 44.0 Å². The van der Waals surface area contributed by atoms with E-state index in [1.54, 1.807) is 38.1 Å². The maximum absolute atomic E-state index is 13.5. The fourth-order valence-corrected chi connectivity index (χ4v) is 6.56. The molecule has 1 aliphatic heterocycles. The van der Waals surface area contributed by atoms with Crippen LogP contribution < -0.4 is 21.7 Å². The van der Waals surface area contributed by atoms with E-state index in [0.717, 1.165) is 5.56 Å². The minimum atomic E-state index is -0.801. The average molecular weight is 718 g/mol. The Balaban J connectivity index is 1.93. The highest BCUT2D eigenvalue weighted by atomic mass is 32.2. The maximum atomic E-state index is 13.5. The van der Waals surface area contributed by atoms with Crippen molar-refractivity contribution in [3.63, 3.8) is 0 Å². The molecule has 6 amide bonds. The molecule has 5 N–H and O–H groups in total. The van der Waals surface area contributed by atoms with Crippen LogP contribution in [0.3, 0.4) is 0 Å². The van der Waals surface area contributed by atoms with Gasteiger partial charge in [0.05, 0.1) is 17.2 Å². The number of carbonyl (C=O) groups is 7. The Bertz CT molecular complexity index is 1330. The smallest absolute Gasteiger partial charge is 0.312 e. The van der Waals surface area contributed by atoms with Gasteiger partial charge in [-0.1, -0.05) is 60.1 Å². The quantitative estimate of drug-likeness (QED) is 0.0768. The second kappa shape index (κ2) is 21.3. The first-order valence-electron chi connectivity index (χ1n) is 17.5. The van der Waals surface area contributed by atoms with E-state index in [0.29, 0.717) is 44.3 Å². The van der Waals surface area contributed by atoms with Crippen LogP contribution in [0.2, 0.25) is 0 Å². The van der Waals surface area contributed by atoms with Crippen LogP contribution in [0.15, 0.2) is 24.3 Å². The molecule has 2 rings (SSSR count). The number of urea groups is 1. The third-order valence-electron chi connectivity index (χ3n) is 8.18. The molecule has 1 fully saturated rings. The van der Waals surface area contributed by atoms with Crippen molar-refractivity contribution >= 4 is 58.9 Å². The first-order valence-corrected chi connectivity index (χ1v) is 18.4. The van der Waals surface area contributed by atoms with Crippen molar-refractivity contribution < 1.29 is 38.3 Å². The third kappa shape index (κ3) is 14.9. The summed E-state index contributed by atoms with van der Waals surface area (Å²) in [5.74, 6) is -2.76. The predicted octanol–water partition coefficient (Wildman–Crippen LogP) is 4.32. The number of ketones is 1. The summed E-state index contributed by atoms with van der Waals surface area (Å²) in [5, 5.41) is 8.12. The minimum absolute atomic E-state index is 0.108. The molecular weight excluding hydrogens is 662 g/mol. The van der Waals surface area contributed by atoms with E-state index in [-0.39, 0.29) is 90.1 Å². The lowest BCUT2D eigenvalue weighted by Gasteiger charge is -2.24. The number of amides is 6. The number of ether oxygens (including phenoxy) is 1. The lowest BCUT2D eigenvalue weighted by molar-refractivity contribution is -0.148. The molecule has 13 nitrogen and oxygen atoms in total. The largest absolute Gasteiger partial charge is 0.461 e. The van der Waals surface area contributed by atoms with Crippen LogP contribution in [0.4, 0.5) is 10.5 Å². The highest BCUT2D eigenvalue weighted by Crippen LogP contribution is 2.28.